The van der Waals surface area contributed by atoms with Gasteiger partial charge in [-0.2, -0.15) is 0 Å². The maximum Gasteiger partial charge on any atom is 0.267 e. The molecular formula is C25H26ClN3O4. The number of aromatic nitrogens is 1. The van der Waals surface area contributed by atoms with Crippen LogP contribution in [0.25, 0.3) is 17.0 Å². The minimum atomic E-state index is -0.622. The number of halogens is 1. The van der Waals surface area contributed by atoms with E-state index in [1.54, 1.807) is 29.8 Å². The first-order valence-electron chi connectivity index (χ1n) is 10.8. The van der Waals surface area contributed by atoms with Crippen molar-refractivity contribution in [3.63, 3.8) is 0 Å². The molecule has 1 saturated heterocycles. The van der Waals surface area contributed by atoms with E-state index in [1.165, 1.54) is 17.0 Å². The second-order valence-electron chi connectivity index (χ2n) is 8.59. The molecule has 1 spiro atoms. The molecule has 5 rings (SSSR count). The van der Waals surface area contributed by atoms with Gasteiger partial charge in [0.1, 0.15) is 11.4 Å². The molecule has 172 valence electrons. The summed E-state index contributed by atoms with van der Waals surface area (Å²) in [6.07, 6.45) is 6.82. The number of carbonyl (C=O) groups is 2. The van der Waals surface area contributed by atoms with Gasteiger partial charge in [-0.1, -0.05) is 24.3 Å². The highest BCUT2D eigenvalue weighted by atomic mass is 35.5. The third-order valence-electron chi connectivity index (χ3n) is 6.49. The Balaban J connectivity index is 0.00000259. The van der Waals surface area contributed by atoms with E-state index in [0.29, 0.717) is 23.3 Å². The van der Waals surface area contributed by atoms with Gasteiger partial charge in [-0.15, -0.1) is 12.4 Å². The van der Waals surface area contributed by atoms with Gasteiger partial charge in [0.25, 0.3) is 5.91 Å². The molecule has 3 N–H and O–H groups in total. The topological polar surface area (TPSA) is 94.7 Å². The highest BCUT2D eigenvalue weighted by molar-refractivity contribution is 6.01. The molecule has 2 aliphatic rings. The summed E-state index contributed by atoms with van der Waals surface area (Å²) in [7, 11) is 0. The Morgan fingerprint density at radius 1 is 1.21 bits per heavy atom. The van der Waals surface area contributed by atoms with E-state index >= 15 is 0 Å². The Kier molecular flexibility index (Phi) is 6.56. The number of H-pyrrole nitrogens is 1. The van der Waals surface area contributed by atoms with Crippen LogP contribution in [0.3, 0.4) is 0 Å². The second-order valence-corrected chi connectivity index (χ2v) is 8.59. The molecule has 1 aromatic heterocycles. The Labute approximate surface area is 197 Å². The third-order valence-corrected chi connectivity index (χ3v) is 6.49. The summed E-state index contributed by atoms with van der Waals surface area (Å²) >= 11 is 0. The highest BCUT2D eigenvalue weighted by Crippen LogP contribution is 2.40. The first-order chi connectivity index (χ1) is 15.5. The molecule has 0 aliphatic carbocycles. The first kappa shape index (κ1) is 23.0. The molecule has 1 fully saturated rings. The van der Waals surface area contributed by atoms with Gasteiger partial charge in [0.05, 0.1) is 12.0 Å². The number of rotatable bonds is 4. The Hall–Kier alpha value is -3.13. The minimum Gasteiger partial charge on any atom is -0.486 e. The van der Waals surface area contributed by atoms with Gasteiger partial charge in [-0.3, -0.25) is 19.7 Å². The van der Waals surface area contributed by atoms with E-state index in [9.17, 15) is 9.59 Å². The van der Waals surface area contributed by atoms with Crippen molar-refractivity contribution in [2.24, 2.45) is 0 Å². The molecular weight excluding hydrogens is 442 g/mol. The second kappa shape index (κ2) is 9.39. The lowest BCUT2D eigenvalue weighted by Gasteiger charge is -2.44. The smallest absolute Gasteiger partial charge is 0.267 e. The number of hydroxylamine groups is 1. The van der Waals surface area contributed by atoms with E-state index in [4.69, 9.17) is 9.94 Å². The SMILES string of the molecule is Cl.O=C(C=Cc1ccc2c(c1)C(=O)CC1(CCN(Cc3c[nH]c4ccccc34)CC1)O2)NO. The molecule has 0 bridgehead atoms. The normalized spacial score (nSPS) is 17.5. The standard InChI is InChI=1S/C25H25N3O4.ClH/c29-22-14-25(32-23-7-5-17(13-20(22)23)6-8-24(30)27-31)9-11-28(12-10-25)16-18-15-26-21-4-2-1-3-19(18)21;/h1-8,13,15,26,31H,9-12,14,16H2,(H,27,30);1H. The molecule has 1 amide bonds. The van der Waals surface area contributed by atoms with Crippen LogP contribution >= 0.6 is 12.4 Å². The average molecular weight is 468 g/mol. The number of nitrogens with one attached hydrogen (secondary N) is 2. The molecule has 3 aromatic rings. The number of fused-ring (bicyclic) bond motifs is 2. The van der Waals surface area contributed by atoms with Crippen molar-refractivity contribution >= 4 is 41.1 Å². The minimum absolute atomic E-state index is 0. The lowest BCUT2D eigenvalue weighted by atomic mass is 9.82. The lowest BCUT2D eigenvalue weighted by molar-refractivity contribution is -0.124. The van der Waals surface area contributed by atoms with Crippen LogP contribution in [0, 0.1) is 0 Å². The summed E-state index contributed by atoms with van der Waals surface area (Å²) in [4.78, 5) is 29.9. The van der Waals surface area contributed by atoms with Gasteiger partial charge in [0.2, 0.25) is 0 Å². The Bertz CT molecular complexity index is 1210. The van der Waals surface area contributed by atoms with Crippen LogP contribution in [-0.4, -0.2) is 45.5 Å². The number of ketones is 1. The molecule has 3 heterocycles. The van der Waals surface area contributed by atoms with Crippen molar-refractivity contribution in [2.45, 2.75) is 31.4 Å². The van der Waals surface area contributed by atoms with Crippen molar-refractivity contribution in [3.05, 3.63) is 71.4 Å². The van der Waals surface area contributed by atoms with Crippen molar-refractivity contribution < 1.29 is 19.5 Å². The van der Waals surface area contributed by atoms with Crippen LogP contribution in [0.5, 0.6) is 5.75 Å². The number of piperidine rings is 1. The average Bonchev–Trinajstić information content (AvgIpc) is 3.22. The van der Waals surface area contributed by atoms with Crippen LogP contribution < -0.4 is 10.2 Å². The maximum absolute atomic E-state index is 12.9. The van der Waals surface area contributed by atoms with Crippen molar-refractivity contribution in [3.8, 4) is 5.75 Å². The largest absolute Gasteiger partial charge is 0.486 e. The fourth-order valence-electron chi connectivity index (χ4n) is 4.73. The zero-order chi connectivity index (χ0) is 22.1. The molecule has 33 heavy (non-hydrogen) atoms. The number of hydrogen-bond acceptors (Lipinski definition) is 5. The van der Waals surface area contributed by atoms with Gasteiger partial charge in [0, 0.05) is 55.7 Å². The predicted molar refractivity (Wildman–Crippen MR) is 128 cm³/mol. The van der Waals surface area contributed by atoms with Gasteiger partial charge >= 0.3 is 0 Å². The number of nitrogens with zero attached hydrogens (tertiary/aromatic N) is 1. The van der Waals surface area contributed by atoms with Gasteiger partial charge in [0.15, 0.2) is 5.78 Å². The summed E-state index contributed by atoms with van der Waals surface area (Å²) in [6, 6.07) is 13.7. The Morgan fingerprint density at radius 3 is 2.79 bits per heavy atom. The Morgan fingerprint density at radius 2 is 2.00 bits per heavy atom. The number of para-hydroxylation sites is 1. The van der Waals surface area contributed by atoms with E-state index < -0.39 is 11.5 Å². The van der Waals surface area contributed by atoms with Gasteiger partial charge in [-0.25, -0.2) is 5.48 Å². The van der Waals surface area contributed by atoms with Crippen LogP contribution in [-0.2, 0) is 11.3 Å². The fourth-order valence-corrected chi connectivity index (χ4v) is 4.73. The lowest BCUT2D eigenvalue weighted by Crippen LogP contribution is -2.50. The monoisotopic (exact) mass is 467 g/mol. The molecule has 8 heteroatoms. The fraction of sp³-hybridized carbons (Fsp3) is 0.280. The number of carbonyl (C=O) groups excluding carboxylic acids is 2. The number of likely N-dealkylation sites (tertiary alicyclic amines) is 1. The first-order valence-corrected chi connectivity index (χ1v) is 10.8. The molecule has 7 nitrogen and oxygen atoms in total. The van der Waals surface area contributed by atoms with E-state index in [2.05, 4.69) is 34.3 Å². The quantitative estimate of drug-likeness (QED) is 0.305. The van der Waals surface area contributed by atoms with Crippen LogP contribution in [0.2, 0.25) is 0 Å². The maximum atomic E-state index is 12.9. The zero-order valence-electron chi connectivity index (χ0n) is 18.0. The number of amides is 1. The molecule has 0 unspecified atom stereocenters. The summed E-state index contributed by atoms with van der Waals surface area (Å²) in [5.41, 5.74) is 4.79. The highest BCUT2D eigenvalue weighted by Gasteiger charge is 2.42. The number of benzene rings is 2. The number of Topliss-reactive ketones (excluding diaryl/α,β-unsaturated/α-hetero) is 1. The molecule has 0 saturated carbocycles. The van der Waals surface area contributed by atoms with Crippen molar-refractivity contribution in [1.29, 1.82) is 0 Å². The molecule has 2 aliphatic heterocycles. The van der Waals surface area contributed by atoms with Crippen LogP contribution in [0.15, 0.2) is 54.7 Å². The molecule has 2 aromatic carbocycles. The summed E-state index contributed by atoms with van der Waals surface area (Å²) in [5, 5.41) is 9.85. The summed E-state index contributed by atoms with van der Waals surface area (Å²) in [6.45, 7) is 2.63. The third kappa shape index (κ3) is 4.66. The molecule has 0 radical (unpaired) electrons. The summed E-state index contributed by atoms with van der Waals surface area (Å²) < 4.78 is 6.39. The zero-order valence-corrected chi connectivity index (χ0v) is 18.9. The van der Waals surface area contributed by atoms with E-state index in [0.717, 1.165) is 38.0 Å². The number of ether oxygens (including phenoxy) is 1. The van der Waals surface area contributed by atoms with Crippen LogP contribution in [0.1, 0.15) is 40.7 Å². The van der Waals surface area contributed by atoms with Gasteiger partial charge in [-0.05, 0) is 35.4 Å². The van der Waals surface area contributed by atoms with E-state index in [-0.39, 0.29) is 18.2 Å². The van der Waals surface area contributed by atoms with Crippen molar-refractivity contribution in [2.75, 3.05) is 13.1 Å². The number of aromatic amines is 1. The van der Waals surface area contributed by atoms with Crippen molar-refractivity contribution in [1.82, 2.24) is 15.4 Å². The van der Waals surface area contributed by atoms with Crippen LogP contribution in [0.4, 0.5) is 0 Å². The van der Waals surface area contributed by atoms with Gasteiger partial charge < -0.3 is 9.72 Å². The summed E-state index contributed by atoms with van der Waals surface area (Å²) in [5.74, 6) is 0.0527. The predicted octanol–water partition coefficient (Wildman–Crippen LogP) is 4.11. The van der Waals surface area contributed by atoms with E-state index in [1.807, 2.05) is 6.07 Å². The molecule has 0 atom stereocenters. The number of hydrogen-bond donors (Lipinski definition) is 3.